The van der Waals surface area contributed by atoms with Gasteiger partial charge >= 0.3 is 5.97 Å². The van der Waals surface area contributed by atoms with Crippen LogP contribution in [0, 0.1) is 0 Å². The van der Waals surface area contributed by atoms with Gasteiger partial charge in [-0.1, -0.05) is 42.5 Å². The zero-order valence-corrected chi connectivity index (χ0v) is 24.9. The van der Waals surface area contributed by atoms with Crippen LogP contribution in [0.1, 0.15) is 40.1 Å². The van der Waals surface area contributed by atoms with Crippen molar-refractivity contribution in [3.8, 4) is 5.75 Å². The van der Waals surface area contributed by atoms with Gasteiger partial charge in [-0.05, 0) is 80.6 Å². The molecule has 0 aliphatic carbocycles. The highest BCUT2D eigenvalue weighted by molar-refractivity contribution is 8.00. The summed E-state index contributed by atoms with van der Waals surface area (Å²) in [4.78, 5) is 51.1. The second-order valence-corrected chi connectivity index (χ2v) is 10.9. The van der Waals surface area contributed by atoms with Gasteiger partial charge in [0.2, 0.25) is 5.91 Å². The minimum atomic E-state index is -1.05. The molecule has 4 aromatic rings. The van der Waals surface area contributed by atoms with Crippen molar-refractivity contribution in [2.24, 2.45) is 0 Å². The fraction of sp³-hybridized carbons (Fsp3) is 0.118. The van der Waals surface area contributed by atoms with Crippen LogP contribution in [0.5, 0.6) is 5.75 Å². The number of para-hydroxylation sites is 1. The number of carboxylic acids is 1. The molecule has 9 nitrogen and oxygen atoms in total. The van der Waals surface area contributed by atoms with Gasteiger partial charge in [-0.15, -0.1) is 11.8 Å². The van der Waals surface area contributed by atoms with E-state index >= 15 is 0 Å². The number of amides is 3. The van der Waals surface area contributed by atoms with Crippen LogP contribution in [0.15, 0.2) is 114 Å². The molecule has 0 heterocycles. The van der Waals surface area contributed by atoms with E-state index in [1.807, 2.05) is 25.1 Å². The van der Waals surface area contributed by atoms with Gasteiger partial charge in [0, 0.05) is 27.4 Å². The summed E-state index contributed by atoms with van der Waals surface area (Å²) in [6, 6.07) is 28.7. The monoisotopic (exact) mass is 609 g/mol. The lowest BCUT2D eigenvalue weighted by atomic mass is 10.1. The van der Waals surface area contributed by atoms with E-state index in [9.17, 15) is 19.2 Å². The highest BCUT2D eigenvalue weighted by Crippen LogP contribution is 2.27. The maximum absolute atomic E-state index is 13.5. The van der Waals surface area contributed by atoms with Gasteiger partial charge in [0.25, 0.3) is 11.8 Å². The quantitative estimate of drug-likeness (QED) is 0.109. The van der Waals surface area contributed by atoms with E-state index in [1.54, 1.807) is 73.7 Å². The smallest absolute Gasteiger partial charge is 0.335 e. The van der Waals surface area contributed by atoms with Gasteiger partial charge in [-0.2, -0.15) is 0 Å². The van der Waals surface area contributed by atoms with Crippen molar-refractivity contribution in [2.45, 2.75) is 24.0 Å². The molecular formula is C34H31N3O6S. The summed E-state index contributed by atoms with van der Waals surface area (Å²) in [7, 11) is 0. The van der Waals surface area contributed by atoms with Crippen LogP contribution in [0.4, 0.5) is 11.4 Å². The minimum absolute atomic E-state index is 0.0192. The predicted molar refractivity (Wildman–Crippen MR) is 172 cm³/mol. The Labute approximate surface area is 259 Å². The van der Waals surface area contributed by atoms with E-state index in [1.165, 1.54) is 36.0 Å². The van der Waals surface area contributed by atoms with E-state index in [0.717, 1.165) is 4.90 Å². The van der Waals surface area contributed by atoms with Crippen LogP contribution in [-0.4, -0.2) is 40.7 Å². The fourth-order valence-corrected chi connectivity index (χ4v) is 4.95. The summed E-state index contributed by atoms with van der Waals surface area (Å²) in [6.45, 7) is 4.03. The van der Waals surface area contributed by atoms with Crippen LogP contribution in [-0.2, 0) is 9.59 Å². The molecule has 0 aliphatic heterocycles. The second kappa shape index (κ2) is 15.2. The summed E-state index contributed by atoms with van der Waals surface area (Å²) in [6.07, 6.45) is 1.56. The second-order valence-electron chi connectivity index (χ2n) is 9.46. The predicted octanol–water partition coefficient (Wildman–Crippen LogP) is 6.31. The molecule has 0 spiro atoms. The molecule has 4 aromatic carbocycles. The Morgan fingerprint density at radius 2 is 1.52 bits per heavy atom. The molecule has 4 N–H and O–H groups in total. The van der Waals surface area contributed by atoms with E-state index in [-0.39, 0.29) is 17.2 Å². The van der Waals surface area contributed by atoms with Gasteiger partial charge in [0.05, 0.1) is 17.4 Å². The summed E-state index contributed by atoms with van der Waals surface area (Å²) in [5.74, 6) is -1.73. The van der Waals surface area contributed by atoms with Crippen molar-refractivity contribution >= 4 is 52.9 Å². The molecule has 44 heavy (non-hydrogen) atoms. The van der Waals surface area contributed by atoms with Crippen molar-refractivity contribution < 1.29 is 29.0 Å². The first-order valence-electron chi connectivity index (χ1n) is 13.8. The molecule has 0 saturated carbocycles. The Morgan fingerprint density at radius 1 is 0.818 bits per heavy atom. The molecule has 3 amide bonds. The number of carboxylic acid groups (broad SMARTS) is 1. The molecule has 0 aliphatic rings. The maximum Gasteiger partial charge on any atom is 0.335 e. The molecule has 0 fully saturated rings. The van der Waals surface area contributed by atoms with Gasteiger partial charge in [0.15, 0.2) is 0 Å². The first-order chi connectivity index (χ1) is 21.2. The number of aromatic carboxylic acids is 1. The molecular weight excluding hydrogens is 578 g/mol. The molecule has 0 saturated heterocycles. The van der Waals surface area contributed by atoms with E-state index in [4.69, 9.17) is 9.84 Å². The van der Waals surface area contributed by atoms with Crippen molar-refractivity contribution in [2.75, 3.05) is 17.2 Å². The third-order valence-corrected chi connectivity index (χ3v) is 7.31. The lowest BCUT2D eigenvalue weighted by Crippen LogP contribution is -2.30. The zero-order valence-electron chi connectivity index (χ0n) is 24.1. The number of benzene rings is 4. The molecule has 224 valence electrons. The average molecular weight is 610 g/mol. The third kappa shape index (κ3) is 8.83. The number of ether oxygens (including phenoxy) is 1. The highest BCUT2D eigenvalue weighted by atomic mass is 32.2. The number of carbonyl (C=O) groups excluding carboxylic acids is 3. The topological polar surface area (TPSA) is 134 Å². The number of anilines is 2. The van der Waals surface area contributed by atoms with Gasteiger partial charge in [-0.3, -0.25) is 14.4 Å². The normalized spacial score (nSPS) is 11.6. The fourth-order valence-electron chi connectivity index (χ4n) is 4.03. The van der Waals surface area contributed by atoms with E-state index in [0.29, 0.717) is 34.9 Å². The number of carbonyl (C=O) groups is 4. The average Bonchev–Trinajstić information content (AvgIpc) is 3.02. The molecule has 0 aromatic heterocycles. The molecule has 0 bridgehead atoms. The summed E-state index contributed by atoms with van der Waals surface area (Å²) < 4.78 is 5.70. The molecule has 4 rings (SSSR count). The van der Waals surface area contributed by atoms with Crippen LogP contribution in [0.2, 0.25) is 0 Å². The summed E-state index contributed by atoms with van der Waals surface area (Å²) in [5.41, 5.74) is 2.11. The molecule has 1 unspecified atom stereocenters. The molecule has 0 radical (unpaired) electrons. The lowest BCUT2D eigenvalue weighted by molar-refractivity contribution is -0.115. The Morgan fingerprint density at radius 3 is 2.23 bits per heavy atom. The Balaban J connectivity index is 1.49. The number of hydrogen-bond donors (Lipinski definition) is 4. The Hall–Kier alpha value is -5.35. The summed E-state index contributed by atoms with van der Waals surface area (Å²) in [5, 5.41) is 16.9. The SMILES string of the molecule is CCOc1ccccc1/C=C(/NC(=O)c1ccccc1)C(=O)Nc1cccc(SC(C)C(=O)Nc2ccc(C(=O)O)cc2)c1. The van der Waals surface area contributed by atoms with Crippen molar-refractivity contribution in [3.05, 3.63) is 126 Å². The van der Waals surface area contributed by atoms with E-state index < -0.39 is 23.0 Å². The zero-order chi connectivity index (χ0) is 31.5. The van der Waals surface area contributed by atoms with Crippen molar-refractivity contribution in [3.63, 3.8) is 0 Å². The number of hydrogen-bond acceptors (Lipinski definition) is 6. The largest absolute Gasteiger partial charge is 0.493 e. The number of rotatable bonds is 12. The van der Waals surface area contributed by atoms with Gasteiger partial charge in [0.1, 0.15) is 11.4 Å². The van der Waals surface area contributed by atoms with E-state index in [2.05, 4.69) is 16.0 Å². The number of thioether (sulfide) groups is 1. The molecule has 1 atom stereocenters. The van der Waals surface area contributed by atoms with Crippen LogP contribution in [0.25, 0.3) is 6.08 Å². The molecule has 10 heteroatoms. The van der Waals surface area contributed by atoms with Crippen LogP contribution in [0.3, 0.4) is 0 Å². The minimum Gasteiger partial charge on any atom is -0.493 e. The number of nitrogens with one attached hydrogen (secondary N) is 3. The lowest BCUT2D eigenvalue weighted by Gasteiger charge is -2.15. The van der Waals surface area contributed by atoms with Gasteiger partial charge < -0.3 is 25.8 Å². The van der Waals surface area contributed by atoms with Crippen molar-refractivity contribution in [1.82, 2.24) is 5.32 Å². The Bertz CT molecular complexity index is 1670. The first kappa shape index (κ1) is 31.6. The third-order valence-electron chi connectivity index (χ3n) is 6.22. The van der Waals surface area contributed by atoms with Crippen LogP contribution >= 0.6 is 11.8 Å². The standard InChI is InChI=1S/C34H31N3O6S/c1-3-43-30-15-8-7-12-25(30)20-29(37-32(39)23-10-5-4-6-11-23)33(40)36-27-13-9-14-28(21-27)44-22(2)31(38)35-26-18-16-24(17-19-26)34(41)42/h4-22H,3H2,1-2H3,(H,35,38)(H,36,40)(H,37,39)(H,41,42)/b29-20+. The maximum atomic E-state index is 13.5. The van der Waals surface area contributed by atoms with Crippen molar-refractivity contribution in [1.29, 1.82) is 0 Å². The highest BCUT2D eigenvalue weighted by Gasteiger charge is 2.18. The first-order valence-corrected chi connectivity index (χ1v) is 14.6. The summed E-state index contributed by atoms with van der Waals surface area (Å²) >= 11 is 1.29. The van der Waals surface area contributed by atoms with Crippen LogP contribution < -0.4 is 20.7 Å². The Kier molecular flexibility index (Phi) is 10.9. The van der Waals surface area contributed by atoms with Gasteiger partial charge in [-0.25, -0.2) is 4.79 Å².